The van der Waals surface area contributed by atoms with Crippen LogP contribution in [0, 0.1) is 20.8 Å². The van der Waals surface area contributed by atoms with Crippen molar-refractivity contribution in [3.05, 3.63) is 69.1 Å². The van der Waals surface area contributed by atoms with Crippen LogP contribution in [0.1, 0.15) is 37.5 Å². The molecule has 35 heavy (non-hydrogen) atoms. The number of Topliss-reactive ketones (excluding diaryl/α,β-unsaturated/α-hetero) is 1. The van der Waals surface area contributed by atoms with E-state index in [2.05, 4.69) is 0 Å². The lowest BCUT2D eigenvalue weighted by Crippen LogP contribution is -2.36. The van der Waals surface area contributed by atoms with Gasteiger partial charge in [-0.1, -0.05) is 29.8 Å². The van der Waals surface area contributed by atoms with Gasteiger partial charge in [-0.25, -0.2) is 0 Å². The fraction of sp³-hybridized carbons (Fsp3) is 0.296. The second-order valence-electron chi connectivity index (χ2n) is 8.31. The van der Waals surface area contributed by atoms with E-state index in [-0.39, 0.29) is 24.8 Å². The summed E-state index contributed by atoms with van der Waals surface area (Å²) >= 11 is 1.49. The number of anilines is 1. The van der Waals surface area contributed by atoms with Crippen LogP contribution in [-0.2, 0) is 4.79 Å². The smallest absolute Gasteiger partial charge is 0.249 e. The molecule has 4 rings (SSSR count). The Morgan fingerprint density at radius 3 is 2.20 bits per heavy atom. The molecule has 0 radical (unpaired) electrons. The fourth-order valence-corrected chi connectivity index (χ4v) is 5.26. The average Bonchev–Trinajstić information content (AvgIpc) is 3.07. The van der Waals surface area contributed by atoms with E-state index in [9.17, 15) is 9.59 Å². The van der Waals surface area contributed by atoms with Crippen molar-refractivity contribution in [1.29, 1.82) is 0 Å². The fourth-order valence-electron chi connectivity index (χ4n) is 4.09. The molecule has 1 aliphatic heterocycles. The number of ether oxygens (including phenoxy) is 3. The number of carbonyl (C=O) groups excluding carboxylic acids is 2. The van der Waals surface area contributed by atoms with Gasteiger partial charge < -0.3 is 14.2 Å². The number of methoxy groups -OCH3 is 3. The van der Waals surface area contributed by atoms with Crippen molar-refractivity contribution < 1.29 is 23.8 Å². The summed E-state index contributed by atoms with van der Waals surface area (Å²) in [6, 6.07) is 11.0. The largest absolute Gasteiger partial charge is 0.493 e. The Morgan fingerprint density at radius 2 is 1.63 bits per heavy atom. The van der Waals surface area contributed by atoms with Crippen molar-refractivity contribution in [3.63, 3.8) is 0 Å². The molecule has 2 aromatic carbocycles. The highest BCUT2D eigenvalue weighted by Gasteiger charge is 2.32. The molecule has 1 aliphatic rings. The number of aliphatic imine (C=N–C) groups is 1. The zero-order chi connectivity index (χ0) is 25.3. The van der Waals surface area contributed by atoms with Gasteiger partial charge in [0.2, 0.25) is 11.7 Å². The zero-order valence-electron chi connectivity index (χ0n) is 20.7. The SMILES string of the molecule is COc1cc(C2=NCC(=O)N(CC(=O)c3ccc(C)cc3)c3sc(C)c(C)c32)cc(OC)c1OC. The third kappa shape index (κ3) is 4.53. The molecular formula is C27H28N2O5S. The molecule has 1 amide bonds. The molecule has 1 aromatic heterocycles. The maximum Gasteiger partial charge on any atom is 0.249 e. The van der Waals surface area contributed by atoms with E-state index in [1.165, 1.54) is 11.3 Å². The summed E-state index contributed by atoms with van der Waals surface area (Å²) < 4.78 is 16.5. The van der Waals surface area contributed by atoms with E-state index in [0.29, 0.717) is 28.5 Å². The minimum absolute atomic E-state index is 0.0493. The number of carbonyl (C=O) groups is 2. The Kier molecular flexibility index (Phi) is 6.93. The van der Waals surface area contributed by atoms with Gasteiger partial charge in [0.15, 0.2) is 17.3 Å². The van der Waals surface area contributed by atoms with Gasteiger partial charge in [-0.05, 0) is 38.5 Å². The number of nitrogens with zero attached hydrogens (tertiary/aromatic N) is 2. The van der Waals surface area contributed by atoms with Crippen LogP contribution in [0.4, 0.5) is 5.00 Å². The number of aryl methyl sites for hydroxylation is 2. The maximum absolute atomic E-state index is 13.2. The molecule has 0 atom stereocenters. The molecule has 0 fully saturated rings. The number of benzene rings is 2. The lowest BCUT2D eigenvalue weighted by Gasteiger charge is -2.20. The van der Waals surface area contributed by atoms with E-state index >= 15 is 0 Å². The molecule has 8 heteroatoms. The van der Waals surface area contributed by atoms with Crippen LogP contribution in [0.5, 0.6) is 17.2 Å². The summed E-state index contributed by atoms with van der Waals surface area (Å²) in [5, 5.41) is 0.718. The number of amides is 1. The Morgan fingerprint density at radius 1 is 1.00 bits per heavy atom. The van der Waals surface area contributed by atoms with Crippen LogP contribution in [0.2, 0.25) is 0 Å². The second-order valence-corrected chi connectivity index (χ2v) is 9.51. The van der Waals surface area contributed by atoms with Crippen LogP contribution >= 0.6 is 11.3 Å². The first-order valence-corrected chi connectivity index (χ1v) is 12.0. The monoisotopic (exact) mass is 492 g/mol. The van der Waals surface area contributed by atoms with Gasteiger partial charge in [0.1, 0.15) is 11.5 Å². The highest BCUT2D eigenvalue weighted by molar-refractivity contribution is 7.17. The van der Waals surface area contributed by atoms with Crippen LogP contribution in [-0.4, -0.2) is 51.8 Å². The summed E-state index contributed by atoms with van der Waals surface area (Å²) in [5.41, 5.74) is 4.89. The molecule has 0 unspecified atom stereocenters. The van der Waals surface area contributed by atoms with Gasteiger partial charge in [-0.15, -0.1) is 11.3 Å². The highest BCUT2D eigenvalue weighted by atomic mass is 32.1. The molecule has 3 aromatic rings. The average molecular weight is 493 g/mol. The zero-order valence-corrected chi connectivity index (χ0v) is 21.5. The van der Waals surface area contributed by atoms with E-state index in [0.717, 1.165) is 32.1 Å². The van der Waals surface area contributed by atoms with Gasteiger partial charge in [0.05, 0.1) is 33.6 Å². The third-order valence-electron chi connectivity index (χ3n) is 6.14. The van der Waals surface area contributed by atoms with E-state index in [4.69, 9.17) is 19.2 Å². The molecular weight excluding hydrogens is 464 g/mol. The topological polar surface area (TPSA) is 77.4 Å². The van der Waals surface area contributed by atoms with Crippen LogP contribution in [0.15, 0.2) is 41.4 Å². The summed E-state index contributed by atoms with van der Waals surface area (Å²) in [5.74, 6) is 1.13. The number of hydrogen-bond donors (Lipinski definition) is 0. The lowest BCUT2D eigenvalue weighted by molar-refractivity contribution is -0.117. The second kappa shape index (κ2) is 9.92. The first-order chi connectivity index (χ1) is 16.8. The van der Waals surface area contributed by atoms with Gasteiger partial charge in [-0.2, -0.15) is 0 Å². The normalized spacial score (nSPS) is 13.1. The van der Waals surface area contributed by atoms with Gasteiger partial charge in [0.25, 0.3) is 0 Å². The van der Waals surface area contributed by atoms with Crippen LogP contribution in [0.25, 0.3) is 0 Å². The van der Waals surface area contributed by atoms with Crippen molar-refractivity contribution in [2.24, 2.45) is 4.99 Å². The Bertz CT molecular complexity index is 1300. The van der Waals surface area contributed by atoms with E-state index in [1.807, 2.05) is 45.0 Å². The van der Waals surface area contributed by atoms with Gasteiger partial charge >= 0.3 is 0 Å². The van der Waals surface area contributed by atoms with Crippen molar-refractivity contribution in [1.82, 2.24) is 0 Å². The Balaban J connectivity index is 1.81. The minimum atomic E-state index is -0.226. The molecule has 0 bridgehead atoms. The molecule has 7 nitrogen and oxygen atoms in total. The lowest BCUT2D eigenvalue weighted by atomic mass is 9.99. The minimum Gasteiger partial charge on any atom is -0.493 e. The summed E-state index contributed by atoms with van der Waals surface area (Å²) in [4.78, 5) is 33.7. The quantitative estimate of drug-likeness (QED) is 0.444. The van der Waals surface area contributed by atoms with E-state index < -0.39 is 0 Å². The molecule has 0 saturated carbocycles. The van der Waals surface area contributed by atoms with Crippen molar-refractivity contribution >= 4 is 33.7 Å². The predicted octanol–water partition coefficient (Wildman–Crippen LogP) is 4.77. The summed E-state index contributed by atoms with van der Waals surface area (Å²) in [6.07, 6.45) is 0. The molecule has 0 saturated heterocycles. The highest BCUT2D eigenvalue weighted by Crippen LogP contribution is 2.42. The van der Waals surface area contributed by atoms with Crippen LogP contribution in [0.3, 0.4) is 0 Å². The number of fused-ring (bicyclic) bond motifs is 1. The number of thiophene rings is 1. The van der Waals surface area contributed by atoms with E-state index in [1.54, 1.807) is 38.4 Å². The first kappa shape index (κ1) is 24.5. The maximum atomic E-state index is 13.2. The van der Waals surface area contributed by atoms with Crippen molar-refractivity contribution in [2.75, 3.05) is 39.3 Å². The molecule has 0 aliphatic carbocycles. The molecule has 0 N–H and O–H groups in total. The predicted molar refractivity (Wildman–Crippen MR) is 138 cm³/mol. The summed E-state index contributed by atoms with van der Waals surface area (Å²) in [6.45, 7) is 5.86. The van der Waals surface area contributed by atoms with Crippen molar-refractivity contribution in [3.8, 4) is 17.2 Å². The van der Waals surface area contributed by atoms with Crippen molar-refractivity contribution in [2.45, 2.75) is 20.8 Å². The van der Waals surface area contributed by atoms with Gasteiger partial charge in [0, 0.05) is 21.6 Å². The molecule has 0 spiro atoms. The summed E-state index contributed by atoms with van der Waals surface area (Å²) in [7, 11) is 4.67. The van der Waals surface area contributed by atoms with Gasteiger partial charge in [-0.3, -0.25) is 19.5 Å². The molecule has 2 heterocycles. The Hall–Kier alpha value is -3.65. The number of hydrogen-bond acceptors (Lipinski definition) is 7. The third-order valence-corrected chi connectivity index (χ3v) is 7.37. The Labute approximate surface area is 209 Å². The first-order valence-electron chi connectivity index (χ1n) is 11.1. The van der Waals surface area contributed by atoms with Crippen LogP contribution < -0.4 is 19.1 Å². The number of rotatable bonds is 7. The molecule has 182 valence electrons. The number of ketones is 1. The standard InChI is InChI=1S/C27H28N2O5S/c1-15-7-9-18(10-8-15)20(30)14-29-23(31)13-28-25(24-16(2)17(3)35-27(24)29)19-11-21(32-4)26(34-6)22(12-19)33-5/h7-12H,13-14H2,1-6H3.